The Morgan fingerprint density at radius 2 is 1.79 bits per heavy atom. The molecule has 0 aliphatic carbocycles. The number of para-hydroxylation sites is 1. The molecule has 6 heteroatoms. The number of hydrogen-bond donors (Lipinski definition) is 2. The van der Waals surface area contributed by atoms with Gasteiger partial charge in [0.1, 0.15) is 0 Å². The van der Waals surface area contributed by atoms with Crippen molar-refractivity contribution in [3.8, 4) is 6.07 Å². The number of benzene rings is 2. The quantitative estimate of drug-likeness (QED) is 0.508. The van der Waals surface area contributed by atoms with Crippen molar-refractivity contribution in [1.82, 2.24) is 4.57 Å². The molecule has 138 valence electrons. The van der Waals surface area contributed by atoms with Gasteiger partial charge in [0.25, 0.3) is 0 Å². The molecule has 0 fully saturated rings. The van der Waals surface area contributed by atoms with Gasteiger partial charge in [-0.3, -0.25) is 4.79 Å². The highest BCUT2D eigenvalue weighted by Crippen LogP contribution is 2.23. The van der Waals surface area contributed by atoms with E-state index in [1.807, 2.05) is 47.2 Å². The molecule has 0 aliphatic heterocycles. The number of hydrogen-bond acceptors (Lipinski definition) is 4. The van der Waals surface area contributed by atoms with Crippen molar-refractivity contribution < 1.29 is 19.8 Å². The van der Waals surface area contributed by atoms with Gasteiger partial charge in [-0.25, -0.2) is 4.79 Å². The Labute approximate surface area is 160 Å². The van der Waals surface area contributed by atoms with Gasteiger partial charge < -0.3 is 14.8 Å². The Morgan fingerprint density at radius 1 is 1.07 bits per heavy atom. The second kappa shape index (κ2) is 8.06. The number of carboxylic acids is 1. The summed E-state index contributed by atoms with van der Waals surface area (Å²) in [6, 6.07) is 17.1. The normalized spacial score (nSPS) is 11.6. The van der Waals surface area contributed by atoms with Crippen LogP contribution in [0.2, 0.25) is 0 Å². The lowest BCUT2D eigenvalue weighted by Crippen LogP contribution is -2.01. The van der Waals surface area contributed by atoms with Crippen LogP contribution in [-0.4, -0.2) is 26.5 Å². The van der Waals surface area contributed by atoms with Gasteiger partial charge in [-0.15, -0.1) is 0 Å². The zero-order valence-electron chi connectivity index (χ0n) is 14.7. The topological polar surface area (TPSA) is 103 Å². The summed E-state index contributed by atoms with van der Waals surface area (Å²) in [6.07, 6.45) is 5.36. The van der Waals surface area contributed by atoms with E-state index in [1.165, 1.54) is 6.08 Å². The van der Waals surface area contributed by atoms with Crippen LogP contribution < -0.4 is 0 Å². The number of carboxylic acid groups (broad SMARTS) is 1. The SMILES string of the molecule is N#Cc1ccc(Cn2cc(/C=C/C(=O)/C=C(\O)C(=O)O)c3ccccc32)cc1. The van der Waals surface area contributed by atoms with E-state index in [0.29, 0.717) is 18.2 Å². The van der Waals surface area contributed by atoms with Crippen LogP contribution in [0.15, 0.2) is 72.6 Å². The van der Waals surface area contributed by atoms with E-state index < -0.39 is 17.5 Å². The van der Waals surface area contributed by atoms with Crippen LogP contribution in [-0.2, 0) is 16.1 Å². The van der Waals surface area contributed by atoms with Crippen molar-refractivity contribution >= 4 is 28.7 Å². The molecule has 0 saturated heterocycles. The molecule has 0 radical (unpaired) electrons. The molecule has 28 heavy (non-hydrogen) atoms. The molecule has 2 aromatic carbocycles. The van der Waals surface area contributed by atoms with Crippen molar-refractivity contribution in [3.63, 3.8) is 0 Å². The lowest BCUT2D eigenvalue weighted by Gasteiger charge is -2.05. The highest BCUT2D eigenvalue weighted by atomic mass is 16.4. The maximum atomic E-state index is 11.8. The average molecular weight is 372 g/mol. The van der Waals surface area contributed by atoms with Gasteiger partial charge in [0.2, 0.25) is 5.76 Å². The number of aromatic nitrogens is 1. The Morgan fingerprint density at radius 3 is 2.46 bits per heavy atom. The third kappa shape index (κ3) is 4.17. The minimum atomic E-state index is -1.55. The maximum absolute atomic E-state index is 11.8. The number of aliphatic hydroxyl groups is 1. The van der Waals surface area contributed by atoms with Gasteiger partial charge in [-0.2, -0.15) is 5.26 Å². The lowest BCUT2D eigenvalue weighted by molar-refractivity contribution is -0.135. The highest BCUT2D eigenvalue weighted by molar-refractivity contribution is 6.06. The fourth-order valence-electron chi connectivity index (χ4n) is 2.84. The van der Waals surface area contributed by atoms with E-state index in [4.69, 9.17) is 15.5 Å². The molecule has 3 aromatic rings. The van der Waals surface area contributed by atoms with Gasteiger partial charge in [-0.1, -0.05) is 30.3 Å². The first-order chi connectivity index (χ1) is 13.5. The second-order valence-electron chi connectivity index (χ2n) is 6.11. The van der Waals surface area contributed by atoms with E-state index in [2.05, 4.69) is 6.07 Å². The highest BCUT2D eigenvalue weighted by Gasteiger charge is 2.08. The number of rotatable bonds is 6. The van der Waals surface area contributed by atoms with Crippen molar-refractivity contribution in [2.45, 2.75) is 6.54 Å². The van der Waals surface area contributed by atoms with Crippen molar-refractivity contribution in [3.05, 3.63) is 89.3 Å². The molecule has 0 bridgehead atoms. The fraction of sp³-hybridized carbons (Fsp3) is 0.0455. The lowest BCUT2D eigenvalue weighted by atomic mass is 10.1. The maximum Gasteiger partial charge on any atom is 0.371 e. The third-order valence-corrected chi connectivity index (χ3v) is 4.18. The van der Waals surface area contributed by atoms with Gasteiger partial charge >= 0.3 is 5.97 Å². The van der Waals surface area contributed by atoms with Crippen LogP contribution in [0.5, 0.6) is 0 Å². The molecule has 2 N–H and O–H groups in total. The molecule has 0 atom stereocenters. The Kier molecular flexibility index (Phi) is 5.38. The molecular weight excluding hydrogens is 356 g/mol. The van der Waals surface area contributed by atoms with Gasteiger partial charge in [0.15, 0.2) is 5.78 Å². The number of aliphatic hydroxyl groups excluding tert-OH is 1. The van der Waals surface area contributed by atoms with Gasteiger partial charge in [0, 0.05) is 35.3 Å². The fourth-order valence-corrected chi connectivity index (χ4v) is 2.84. The van der Waals surface area contributed by atoms with E-state index in [9.17, 15) is 9.59 Å². The number of carbonyl (C=O) groups is 2. The second-order valence-corrected chi connectivity index (χ2v) is 6.11. The summed E-state index contributed by atoms with van der Waals surface area (Å²) in [5.74, 6) is -3.18. The standard InChI is InChI=1S/C22H16N2O4/c23-12-15-5-7-16(8-6-15)13-24-14-17(19-3-1-2-4-20(19)24)9-10-18(25)11-21(26)22(27)28/h1-11,14,26H,13H2,(H,27,28)/b10-9+,21-11-. The minimum absolute atomic E-state index is 0.591. The summed E-state index contributed by atoms with van der Waals surface area (Å²) in [7, 11) is 0. The molecule has 1 heterocycles. The first kappa shape index (κ1) is 18.7. The summed E-state index contributed by atoms with van der Waals surface area (Å²) >= 11 is 0. The smallest absolute Gasteiger partial charge is 0.371 e. The molecular formula is C22H16N2O4. The van der Waals surface area contributed by atoms with Crippen LogP contribution >= 0.6 is 0 Å². The van der Waals surface area contributed by atoms with E-state index in [-0.39, 0.29) is 0 Å². The summed E-state index contributed by atoms with van der Waals surface area (Å²) < 4.78 is 2.03. The molecule has 0 saturated carbocycles. The number of ketones is 1. The average Bonchev–Trinajstić information content (AvgIpc) is 3.04. The van der Waals surface area contributed by atoms with E-state index >= 15 is 0 Å². The number of aliphatic carboxylic acids is 1. The molecule has 0 amide bonds. The molecule has 1 aromatic heterocycles. The van der Waals surface area contributed by atoms with Crippen LogP contribution in [0.3, 0.4) is 0 Å². The Bertz CT molecular complexity index is 1150. The first-order valence-corrected chi connectivity index (χ1v) is 8.41. The predicted molar refractivity (Wildman–Crippen MR) is 105 cm³/mol. The Balaban J connectivity index is 1.91. The molecule has 3 rings (SSSR count). The molecule has 6 nitrogen and oxygen atoms in total. The third-order valence-electron chi connectivity index (χ3n) is 4.18. The summed E-state index contributed by atoms with van der Waals surface area (Å²) in [6.45, 7) is 0.591. The summed E-state index contributed by atoms with van der Waals surface area (Å²) in [5, 5.41) is 27.6. The molecule has 0 spiro atoms. The number of carbonyl (C=O) groups excluding carboxylic acids is 1. The van der Waals surface area contributed by atoms with Gasteiger partial charge in [0.05, 0.1) is 11.6 Å². The zero-order chi connectivity index (χ0) is 20.1. The predicted octanol–water partition coefficient (Wildman–Crippen LogP) is 3.67. The molecule has 0 unspecified atom stereocenters. The van der Waals surface area contributed by atoms with Crippen molar-refractivity contribution in [2.75, 3.05) is 0 Å². The van der Waals surface area contributed by atoms with E-state index in [1.54, 1.807) is 18.2 Å². The van der Waals surface area contributed by atoms with Crippen LogP contribution in [0.4, 0.5) is 0 Å². The first-order valence-electron chi connectivity index (χ1n) is 8.41. The van der Waals surface area contributed by atoms with Crippen LogP contribution in [0, 0.1) is 11.3 Å². The number of nitrogens with zero attached hydrogens (tertiary/aromatic N) is 2. The van der Waals surface area contributed by atoms with Gasteiger partial charge in [-0.05, 0) is 35.9 Å². The van der Waals surface area contributed by atoms with Crippen LogP contribution in [0.25, 0.3) is 17.0 Å². The minimum Gasteiger partial charge on any atom is -0.502 e. The largest absolute Gasteiger partial charge is 0.502 e. The number of nitriles is 1. The Hall–Kier alpha value is -4.11. The monoisotopic (exact) mass is 372 g/mol. The molecule has 0 aliphatic rings. The summed E-state index contributed by atoms with van der Waals surface area (Å²) in [5.41, 5.74) is 3.39. The summed E-state index contributed by atoms with van der Waals surface area (Å²) in [4.78, 5) is 22.4. The number of fused-ring (bicyclic) bond motifs is 1. The van der Waals surface area contributed by atoms with Crippen LogP contribution in [0.1, 0.15) is 16.7 Å². The zero-order valence-corrected chi connectivity index (χ0v) is 14.7. The van der Waals surface area contributed by atoms with Crippen molar-refractivity contribution in [2.24, 2.45) is 0 Å². The number of allylic oxidation sites excluding steroid dienone is 2. The van der Waals surface area contributed by atoms with Crippen molar-refractivity contribution in [1.29, 1.82) is 5.26 Å². The van der Waals surface area contributed by atoms with E-state index in [0.717, 1.165) is 22.0 Å².